The summed E-state index contributed by atoms with van der Waals surface area (Å²) in [4.78, 5) is 12.5. The van der Waals surface area contributed by atoms with E-state index in [9.17, 15) is 0 Å². The number of nitrogens with zero attached hydrogens (tertiary/aromatic N) is 3. The van der Waals surface area contributed by atoms with Gasteiger partial charge in [0.25, 0.3) is 0 Å². The molecule has 7 rings (SSSR count). The van der Waals surface area contributed by atoms with Gasteiger partial charge in [0.05, 0.1) is 24.7 Å². The fraction of sp³-hybridized carbons (Fsp3) is 0.467. The molecular weight excluding hydrogens is 418 g/mol. The molecule has 34 heavy (non-hydrogen) atoms. The Balaban J connectivity index is 1.29. The average Bonchev–Trinajstić information content (AvgIpc) is 3.52. The molecule has 0 aromatic rings. The van der Waals surface area contributed by atoms with E-state index in [1.165, 1.54) is 41.2 Å². The molecule has 4 nitrogen and oxygen atoms in total. The molecule has 0 N–H and O–H groups in total. The van der Waals surface area contributed by atoms with Crippen LogP contribution < -0.4 is 0 Å². The second-order valence-electron chi connectivity index (χ2n) is 10.6. The second kappa shape index (κ2) is 8.41. The van der Waals surface area contributed by atoms with Crippen LogP contribution in [0.2, 0.25) is 0 Å². The van der Waals surface area contributed by atoms with Crippen molar-refractivity contribution in [3.63, 3.8) is 0 Å². The number of aliphatic imine (C=N–C) groups is 2. The third-order valence-corrected chi connectivity index (χ3v) is 8.65. The van der Waals surface area contributed by atoms with Gasteiger partial charge in [0.15, 0.2) is 0 Å². The van der Waals surface area contributed by atoms with Gasteiger partial charge in [0.2, 0.25) is 0 Å². The molecular formula is C30H33N3O. The lowest BCUT2D eigenvalue weighted by molar-refractivity contribution is 0.187. The highest BCUT2D eigenvalue weighted by Crippen LogP contribution is 2.51. The average molecular weight is 452 g/mol. The van der Waals surface area contributed by atoms with E-state index < -0.39 is 0 Å². The largest absolute Gasteiger partial charge is 0.497 e. The molecule has 174 valence electrons. The highest BCUT2D eigenvalue weighted by atomic mass is 16.5. The first-order valence-electron chi connectivity index (χ1n) is 13.2. The van der Waals surface area contributed by atoms with Gasteiger partial charge in [-0.3, -0.25) is 9.98 Å². The van der Waals surface area contributed by atoms with Gasteiger partial charge in [0, 0.05) is 41.8 Å². The zero-order chi connectivity index (χ0) is 22.5. The highest BCUT2D eigenvalue weighted by Gasteiger charge is 2.52. The van der Waals surface area contributed by atoms with Crippen LogP contribution in [0.5, 0.6) is 0 Å². The molecule has 3 aliphatic carbocycles. The summed E-state index contributed by atoms with van der Waals surface area (Å²) in [6.07, 6.45) is 33.2. The summed E-state index contributed by atoms with van der Waals surface area (Å²) in [6, 6.07) is 1.10. The van der Waals surface area contributed by atoms with Crippen molar-refractivity contribution in [3.05, 3.63) is 83.5 Å². The summed E-state index contributed by atoms with van der Waals surface area (Å²) in [5.41, 5.74) is 5.43. The van der Waals surface area contributed by atoms with Crippen LogP contribution in [-0.2, 0) is 4.74 Å². The van der Waals surface area contributed by atoms with Gasteiger partial charge in [-0.2, -0.15) is 0 Å². The van der Waals surface area contributed by atoms with Crippen molar-refractivity contribution in [1.29, 1.82) is 0 Å². The summed E-state index contributed by atoms with van der Waals surface area (Å²) in [5.74, 6) is 2.56. The first kappa shape index (κ1) is 20.5. The lowest BCUT2D eigenvalue weighted by Crippen LogP contribution is -2.39. The molecule has 0 radical (unpaired) electrons. The second-order valence-corrected chi connectivity index (χ2v) is 10.6. The maximum absolute atomic E-state index is 6.26. The molecule has 1 fully saturated rings. The molecule has 6 atom stereocenters. The lowest BCUT2D eigenvalue weighted by Gasteiger charge is -2.39. The first-order chi connectivity index (χ1) is 16.9. The van der Waals surface area contributed by atoms with Crippen molar-refractivity contribution >= 4 is 11.9 Å². The molecule has 4 aliphatic heterocycles. The van der Waals surface area contributed by atoms with Crippen LogP contribution in [0.4, 0.5) is 0 Å². The highest BCUT2D eigenvalue weighted by molar-refractivity contribution is 6.03. The number of hydrogen-bond donors (Lipinski definition) is 0. The van der Waals surface area contributed by atoms with Crippen LogP contribution in [0.15, 0.2) is 93.5 Å². The maximum Gasteiger partial charge on any atom is 0.105 e. The third-order valence-electron chi connectivity index (χ3n) is 8.65. The van der Waals surface area contributed by atoms with Crippen molar-refractivity contribution in [2.24, 2.45) is 27.7 Å². The topological polar surface area (TPSA) is 37.2 Å². The molecule has 6 unspecified atom stereocenters. The molecule has 0 bridgehead atoms. The molecule has 4 heterocycles. The Labute approximate surface area is 202 Å². The van der Waals surface area contributed by atoms with E-state index in [0.717, 1.165) is 38.7 Å². The molecule has 0 spiro atoms. The zero-order valence-corrected chi connectivity index (χ0v) is 19.7. The van der Waals surface area contributed by atoms with Gasteiger partial charge >= 0.3 is 0 Å². The number of ether oxygens (including phenoxy) is 1. The van der Waals surface area contributed by atoms with Crippen LogP contribution in [0.25, 0.3) is 0 Å². The van der Waals surface area contributed by atoms with Gasteiger partial charge in [-0.15, -0.1) is 0 Å². The predicted molar refractivity (Wildman–Crippen MR) is 138 cm³/mol. The molecule has 4 heteroatoms. The SMILES string of the molecule is C1=CC2C3C4=C(C=CC3N(C3=CC(C5=NC=CCC5)=CC(C5CCCC=N5)C3)C2C=C1)CCO4. The number of fused-ring (bicyclic) bond motifs is 4. The third kappa shape index (κ3) is 3.33. The maximum atomic E-state index is 6.26. The van der Waals surface area contributed by atoms with Gasteiger partial charge in [-0.05, 0) is 62.0 Å². The van der Waals surface area contributed by atoms with Crippen LogP contribution in [0.1, 0.15) is 44.9 Å². The Bertz CT molecular complexity index is 1140. The minimum Gasteiger partial charge on any atom is -0.497 e. The molecule has 0 aromatic carbocycles. The van der Waals surface area contributed by atoms with Gasteiger partial charge in [0.1, 0.15) is 5.76 Å². The quantitative estimate of drug-likeness (QED) is 0.540. The standard InChI is InChI=1S/C30H33N3O/c1-2-10-27-24(7-1)29-28(12-11-20-13-16-34-30(20)29)33(27)23-18-21(25-8-3-5-14-31-25)17-22(19-23)26-9-4-6-15-32-26/h1-2,5,7,10-12,14-15,17-18,22,24,26-29H,3-4,6,8-9,13,16,19H2. The van der Waals surface area contributed by atoms with Crippen LogP contribution >= 0.6 is 0 Å². The van der Waals surface area contributed by atoms with E-state index in [4.69, 9.17) is 14.7 Å². The van der Waals surface area contributed by atoms with Crippen LogP contribution in [-0.4, -0.2) is 41.6 Å². The van der Waals surface area contributed by atoms with Gasteiger partial charge in [-0.1, -0.05) is 48.6 Å². The van der Waals surface area contributed by atoms with Crippen LogP contribution in [0, 0.1) is 17.8 Å². The Kier molecular flexibility index (Phi) is 5.07. The number of allylic oxidation sites excluding steroid dienone is 7. The molecule has 0 saturated carbocycles. The summed E-state index contributed by atoms with van der Waals surface area (Å²) in [6.45, 7) is 0.833. The van der Waals surface area contributed by atoms with Crippen molar-refractivity contribution in [2.75, 3.05) is 6.61 Å². The summed E-state index contributed by atoms with van der Waals surface area (Å²) in [5, 5.41) is 0. The molecule has 0 aromatic heterocycles. The van der Waals surface area contributed by atoms with E-state index in [0.29, 0.717) is 35.9 Å². The minimum atomic E-state index is 0.341. The molecule has 7 aliphatic rings. The Morgan fingerprint density at radius 1 is 1.03 bits per heavy atom. The fourth-order valence-corrected chi connectivity index (χ4v) is 7.10. The Morgan fingerprint density at radius 3 is 2.88 bits per heavy atom. The number of rotatable bonds is 3. The summed E-state index contributed by atoms with van der Waals surface area (Å²) < 4.78 is 6.26. The van der Waals surface area contributed by atoms with Crippen molar-refractivity contribution in [3.8, 4) is 0 Å². The smallest absolute Gasteiger partial charge is 0.105 e. The van der Waals surface area contributed by atoms with Crippen LogP contribution in [0.3, 0.4) is 0 Å². The monoisotopic (exact) mass is 451 g/mol. The number of likely N-dealkylation sites (tertiary alicyclic amines) is 1. The first-order valence-corrected chi connectivity index (χ1v) is 13.2. The summed E-state index contributed by atoms with van der Waals surface area (Å²) in [7, 11) is 0. The predicted octanol–water partition coefficient (Wildman–Crippen LogP) is 5.84. The lowest BCUT2D eigenvalue weighted by atomic mass is 9.80. The Morgan fingerprint density at radius 2 is 2.00 bits per heavy atom. The molecule has 0 amide bonds. The Hall–Kier alpha value is -2.88. The van der Waals surface area contributed by atoms with Gasteiger partial charge < -0.3 is 9.64 Å². The van der Waals surface area contributed by atoms with E-state index in [2.05, 4.69) is 65.8 Å². The number of hydrogen-bond acceptors (Lipinski definition) is 4. The van der Waals surface area contributed by atoms with Crippen molar-refractivity contribution in [2.45, 2.75) is 63.1 Å². The van der Waals surface area contributed by atoms with E-state index in [-0.39, 0.29) is 0 Å². The van der Waals surface area contributed by atoms with E-state index in [1.54, 1.807) is 0 Å². The van der Waals surface area contributed by atoms with Crippen molar-refractivity contribution < 1.29 is 4.74 Å². The summed E-state index contributed by atoms with van der Waals surface area (Å²) >= 11 is 0. The normalized spacial score (nSPS) is 37.6. The fourth-order valence-electron chi connectivity index (χ4n) is 7.10. The minimum absolute atomic E-state index is 0.341. The zero-order valence-electron chi connectivity index (χ0n) is 19.7. The van der Waals surface area contributed by atoms with E-state index >= 15 is 0 Å². The molecule has 1 saturated heterocycles. The van der Waals surface area contributed by atoms with Gasteiger partial charge in [-0.25, -0.2) is 0 Å². The van der Waals surface area contributed by atoms with E-state index in [1.807, 2.05) is 6.20 Å². The van der Waals surface area contributed by atoms with Crippen molar-refractivity contribution in [1.82, 2.24) is 4.90 Å².